The molecule has 43 heavy (non-hydrogen) atoms. The molecule has 7 nitrogen and oxygen atoms in total. The lowest BCUT2D eigenvalue weighted by Gasteiger charge is -2.15. The van der Waals surface area contributed by atoms with Gasteiger partial charge in [-0.2, -0.15) is 0 Å². The number of rotatable bonds is 11. The van der Waals surface area contributed by atoms with Gasteiger partial charge in [0, 0.05) is 27.4 Å². The Bertz CT molecular complexity index is 1620. The normalized spacial score (nSPS) is 11.8. The van der Waals surface area contributed by atoms with Gasteiger partial charge >= 0.3 is 0 Å². The minimum Gasteiger partial charge on any atom is -0.493 e. The molecule has 0 radical (unpaired) electrons. The van der Waals surface area contributed by atoms with Crippen LogP contribution in [0.15, 0.2) is 108 Å². The van der Waals surface area contributed by atoms with E-state index in [2.05, 4.69) is 16.0 Å². The van der Waals surface area contributed by atoms with Crippen LogP contribution in [0.3, 0.4) is 0 Å². The second-order valence-corrected chi connectivity index (χ2v) is 11.3. The molecule has 0 saturated carbocycles. The van der Waals surface area contributed by atoms with Crippen molar-refractivity contribution in [1.29, 1.82) is 0 Å². The highest BCUT2D eigenvalue weighted by atomic mass is 32.2. The summed E-state index contributed by atoms with van der Waals surface area (Å²) in [5, 5.41) is 8.28. The summed E-state index contributed by atoms with van der Waals surface area (Å²) < 4.78 is 5.71. The van der Waals surface area contributed by atoms with Crippen LogP contribution in [-0.4, -0.2) is 29.6 Å². The van der Waals surface area contributed by atoms with Crippen LogP contribution in [0.1, 0.15) is 40.9 Å². The van der Waals surface area contributed by atoms with Gasteiger partial charge in [0.2, 0.25) is 5.91 Å². The van der Waals surface area contributed by atoms with Crippen LogP contribution in [0.5, 0.6) is 5.75 Å². The van der Waals surface area contributed by atoms with Crippen LogP contribution < -0.4 is 20.7 Å². The van der Waals surface area contributed by atoms with Gasteiger partial charge in [0.25, 0.3) is 11.8 Å². The third kappa shape index (κ3) is 8.83. The number of anilines is 2. The Labute approximate surface area is 256 Å². The molecule has 0 aromatic heterocycles. The van der Waals surface area contributed by atoms with E-state index in [0.29, 0.717) is 29.2 Å². The summed E-state index contributed by atoms with van der Waals surface area (Å²) >= 11 is 1.42. The Balaban J connectivity index is 1.46. The minimum atomic E-state index is -0.489. The molecular formula is C35H35N3O4S. The number of hydrogen-bond acceptors (Lipinski definition) is 5. The molecular weight excluding hydrogens is 558 g/mol. The van der Waals surface area contributed by atoms with Crippen molar-refractivity contribution >= 4 is 46.9 Å². The van der Waals surface area contributed by atoms with Crippen LogP contribution in [0.25, 0.3) is 6.08 Å². The van der Waals surface area contributed by atoms with Gasteiger partial charge < -0.3 is 20.7 Å². The molecule has 0 saturated heterocycles. The van der Waals surface area contributed by atoms with E-state index in [-0.39, 0.29) is 16.9 Å². The van der Waals surface area contributed by atoms with Crippen LogP contribution in [0.4, 0.5) is 11.4 Å². The minimum absolute atomic E-state index is 0.0659. The summed E-state index contributed by atoms with van der Waals surface area (Å²) in [7, 11) is 0. The number of amides is 3. The van der Waals surface area contributed by atoms with Gasteiger partial charge in [-0.1, -0.05) is 54.1 Å². The summed E-state index contributed by atoms with van der Waals surface area (Å²) in [5.74, 6) is -0.389. The maximum atomic E-state index is 13.4. The molecule has 4 aromatic carbocycles. The first kappa shape index (κ1) is 31.1. The van der Waals surface area contributed by atoms with Crippen molar-refractivity contribution in [3.63, 3.8) is 0 Å². The van der Waals surface area contributed by atoms with Gasteiger partial charge in [0.05, 0.1) is 11.9 Å². The number of nitrogens with one attached hydrogen (secondary N) is 3. The SMILES string of the molecule is CCOc1ccccc1/C=C(\NC(=O)c1ccccc1)C(=O)Nc1ccc(SC(C)C(=O)Nc2ccc(C)cc2C)cc1. The summed E-state index contributed by atoms with van der Waals surface area (Å²) in [5.41, 5.74) is 4.64. The lowest BCUT2D eigenvalue weighted by molar-refractivity contribution is -0.115. The first-order valence-electron chi connectivity index (χ1n) is 14.0. The maximum absolute atomic E-state index is 13.4. The summed E-state index contributed by atoms with van der Waals surface area (Å²) in [6.45, 7) is 8.18. The van der Waals surface area contributed by atoms with Crippen LogP contribution in [0, 0.1) is 13.8 Å². The molecule has 0 aliphatic carbocycles. The highest BCUT2D eigenvalue weighted by Crippen LogP contribution is 2.27. The lowest BCUT2D eigenvalue weighted by atomic mass is 10.1. The third-order valence-corrected chi connectivity index (χ3v) is 7.59. The van der Waals surface area contributed by atoms with Gasteiger partial charge in [-0.25, -0.2) is 0 Å². The van der Waals surface area contributed by atoms with Crippen molar-refractivity contribution in [2.75, 3.05) is 17.2 Å². The predicted octanol–water partition coefficient (Wildman–Crippen LogP) is 7.23. The van der Waals surface area contributed by atoms with Crippen LogP contribution >= 0.6 is 11.8 Å². The second-order valence-electron chi connectivity index (χ2n) is 9.90. The number of benzene rings is 4. The average molecular weight is 594 g/mol. The average Bonchev–Trinajstić information content (AvgIpc) is 3.00. The number of ether oxygens (including phenoxy) is 1. The fraction of sp³-hybridized carbons (Fsp3) is 0.171. The summed E-state index contributed by atoms with van der Waals surface area (Å²) in [6.07, 6.45) is 1.60. The molecule has 4 aromatic rings. The van der Waals surface area contributed by atoms with Gasteiger partial charge in [-0.15, -0.1) is 11.8 Å². The Morgan fingerprint density at radius 3 is 2.26 bits per heavy atom. The molecule has 0 bridgehead atoms. The largest absolute Gasteiger partial charge is 0.493 e. The van der Waals surface area contributed by atoms with E-state index >= 15 is 0 Å². The molecule has 1 unspecified atom stereocenters. The van der Waals surface area contributed by atoms with Gasteiger partial charge in [-0.05, 0) is 87.9 Å². The fourth-order valence-electron chi connectivity index (χ4n) is 4.25. The van der Waals surface area contributed by atoms with Crippen molar-refractivity contribution in [2.45, 2.75) is 37.8 Å². The molecule has 0 aliphatic rings. The van der Waals surface area contributed by atoms with E-state index in [4.69, 9.17) is 4.74 Å². The van der Waals surface area contributed by atoms with E-state index in [1.54, 1.807) is 42.5 Å². The predicted molar refractivity (Wildman–Crippen MR) is 174 cm³/mol. The zero-order valence-electron chi connectivity index (χ0n) is 24.6. The second kappa shape index (κ2) is 14.9. The number of thioether (sulfide) groups is 1. The van der Waals surface area contributed by atoms with Crippen molar-refractivity contribution < 1.29 is 19.1 Å². The Hall–Kier alpha value is -4.82. The molecule has 4 rings (SSSR count). The maximum Gasteiger partial charge on any atom is 0.272 e. The zero-order valence-corrected chi connectivity index (χ0v) is 25.5. The Kier molecular flexibility index (Phi) is 10.8. The van der Waals surface area contributed by atoms with Gasteiger partial charge in [-0.3, -0.25) is 14.4 Å². The van der Waals surface area contributed by atoms with E-state index in [1.165, 1.54) is 11.8 Å². The highest BCUT2D eigenvalue weighted by molar-refractivity contribution is 8.00. The number of carbonyl (C=O) groups is 3. The summed E-state index contributed by atoms with van der Waals surface area (Å²) in [6, 6.07) is 29.1. The Morgan fingerprint density at radius 2 is 1.56 bits per heavy atom. The van der Waals surface area contributed by atoms with Gasteiger partial charge in [0.15, 0.2) is 0 Å². The van der Waals surface area contributed by atoms with E-state index < -0.39 is 11.8 Å². The first-order chi connectivity index (χ1) is 20.7. The molecule has 0 heterocycles. The molecule has 0 fully saturated rings. The number of hydrogen-bond donors (Lipinski definition) is 3. The van der Waals surface area contributed by atoms with E-state index in [0.717, 1.165) is 21.7 Å². The number of aryl methyl sites for hydroxylation is 2. The van der Waals surface area contributed by atoms with Crippen molar-refractivity contribution in [2.24, 2.45) is 0 Å². The molecule has 8 heteroatoms. The highest BCUT2D eigenvalue weighted by Gasteiger charge is 2.18. The molecule has 0 aliphatic heterocycles. The number of carbonyl (C=O) groups excluding carboxylic acids is 3. The molecule has 0 spiro atoms. The van der Waals surface area contributed by atoms with Crippen molar-refractivity contribution in [3.8, 4) is 5.75 Å². The van der Waals surface area contributed by atoms with E-state index in [9.17, 15) is 14.4 Å². The zero-order chi connectivity index (χ0) is 30.8. The smallest absolute Gasteiger partial charge is 0.272 e. The van der Waals surface area contributed by atoms with Crippen molar-refractivity contribution in [1.82, 2.24) is 5.32 Å². The number of para-hydroxylation sites is 1. The first-order valence-corrected chi connectivity index (χ1v) is 14.9. The standard InChI is InChI=1S/C35H35N3O4S/c1-5-42-32-14-10-9-13-27(32)22-31(38-34(40)26-11-7-6-8-12-26)35(41)36-28-16-18-29(19-17-28)43-25(4)33(39)37-30-20-15-23(2)21-24(30)3/h6-22,25H,5H2,1-4H3,(H,36,41)(H,37,39)(H,38,40)/b31-22-. The quantitative estimate of drug-likeness (QED) is 0.126. The van der Waals surface area contributed by atoms with Gasteiger partial charge in [0.1, 0.15) is 11.4 Å². The fourth-order valence-corrected chi connectivity index (χ4v) is 5.11. The van der Waals surface area contributed by atoms with Crippen molar-refractivity contribution in [3.05, 3.63) is 125 Å². The Morgan fingerprint density at radius 1 is 0.860 bits per heavy atom. The van der Waals surface area contributed by atoms with Crippen LogP contribution in [-0.2, 0) is 9.59 Å². The topological polar surface area (TPSA) is 96.5 Å². The monoisotopic (exact) mass is 593 g/mol. The van der Waals surface area contributed by atoms with E-state index in [1.807, 2.05) is 88.4 Å². The molecule has 220 valence electrons. The third-order valence-electron chi connectivity index (χ3n) is 6.48. The lowest BCUT2D eigenvalue weighted by Crippen LogP contribution is -2.30. The summed E-state index contributed by atoms with van der Waals surface area (Å²) in [4.78, 5) is 40.1. The molecule has 1 atom stereocenters. The molecule has 3 N–H and O–H groups in total. The molecule has 3 amide bonds. The van der Waals surface area contributed by atoms with Crippen LogP contribution in [0.2, 0.25) is 0 Å².